The summed E-state index contributed by atoms with van der Waals surface area (Å²) in [5.74, 6) is -0.405. The molecular weight excluding hydrogens is 210 g/mol. The highest BCUT2D eigenvalue weighted by molar-refractivity contribution is 5.87. The molecule has 1 aliphatic rings. The van der Waals surface area contributed by atoms with Crippen molar-refractivity contribution in [2.45, 2.75) is 19.4 Å². The number of hydrogen-bond acceptors (Lipinski definition) is 4. The number of rotatable bonds is 5. The van der Waals surface area contributed by atoms with Crippen LogP contribution in [0.25, 0.3) is 0 Å². The van der Waals surface area contributed by atoms with E-state index < -0.39 is 6.10 Å². The van der Waals surface area contributed by atoms with Gasteiger partial charge in [0, 0.05) is 19.6 Å². The van der Waals surface area contributed by atoms with Crippen LogP contribution in [-0.2, 0) is 14.3 Å². The molecule has 3 N–H and O–H groups in total. The van der Waals surface area contributed by atoms with Gasteiger partial charge < -0.3 is 20.7 Å². The first-order valence-electron chi connectivity index (χ1n) is 5.60. The Morgan fingerprint density at radius 2 is 2.25 bits per heavy atom. The van der Waals surface area contributed by atoms with E-state index in [2.05, 4.69) is 16.0 Å². The number of carbonyl (C=O) groups is 2. The third kappa shape index (κ3) is 4.59. The average Bonchev–Trinajstić information content (AvgIpc) is 2.34. The van der Waals surface area contributed by atoms with E-state index in [0.29, 0.717) is 19.7 Å². The highest BCUT2D eigenvalue weighted by Crippen LogP contribution is 1.95. The molecule has 0 radical (unpaired) electrons. The van der Waals surface area contributed by atoms with Crippen LogP contribution in [0.3, 0.4) is 0 Å². The van der Waals surface area contributed by atoms with Gasteiger partial charge in [0.25, 0.3) is 5.91 Å². The summed E-state index contributed by atoms with van der Waals surface area (Å²) >= 11 is 0. The van der Waals surface area contributed by atoms with Gasteiger partial charge in [-0.2, -0.15) is 0 Å². The molecule has 1 aliphatic heterocycles. The second-order valence-electron chi connectivity index (χ2n) is 3.63. The van der Waals surface area contributed by atoms with Gasteiger partial charge in [-0.3, -0.25) is 9.59 Å². The second-order valence-corrected chi connectivity index (χ2v) is 3.63. The van der Waals surface area contributed by atoms with Gasteiger partial charge in [-0.1, -0.05) is 6.92 Å². The Morgan fingerprint density at radius 3 is 2.88 bits per heavy atom. The molecule has 6 nitrogen and oxygen atoms in total. The highest BCUT2D eigenvalue weighted by Gasteiger charge is 2.21. The van der Waals surface area contributed by atoms with Crippen LogP contribution < -0.4 is 16.0 Å². The Labute approximate surface area is 95.1 Å². The summed E-state index contributed by atoms with van der Waals surface area (Å²) in [5.41, 5.74) is 0. The Balaban J connectivity index is 2.15. The number of carbonyl (C=O) groups excluding carboxylic acids is 2. The zero-order chi connectivity index (χ0) is 11.8. The molecule has 0 saturated carbocycles. The Kier molecular flexibility index (Phi) is 5.81. The summed E-state index contributed by atoms with van der Waals surface area (Å²) in [6, 6.07) is 0. The topological polar surface area (TPSA) is 79.5 Å². The van der Waals surface area contributed by atoms with Crippen molar-refractivity contribution in [2.75, 3.05) is 32.8 Å². The minimum atomic E-state index is -0.479. The first kappa shape index (κ1) is 12.9. The molecule has 92 valence electrons. The van der Waals surface area contributed by atoms with Gasteiger partial charge in [0.2, 0.25) is 5.91 Å². The van der Waals surface area contributed by atoms with Gasteiger partial charge >= 0.3 is 0 Å². The zero-order valence-corrected chi connectivity index (χ0v) is 9.54. The highest BCUT2D eigenvalue weighted by atomic mass is 16.5. The lowest BCUT2D eigenvalue weighted by molar-refractivity contribution is -0.136. The van der Waals surface area contributed by atoms with Crippen molar-refractivity contribution in [1.29, 1.82) is 0 Å². The molecule has 0 aromatic heterocycles. The normalized spacial score (nSPS) is 20.2. The average molecular weight is 229 g/mol. The molecule has 1 rings (SSSR count). The van der Waals surface area contributed by atoms with Gasteiger partial charge in [0.1, 0.15) is 6.10 Å². The smallest absolute Gasteiger partial charge is 0.250 e. The van der Waals surface area contributed by atoms with Crippen LogP contribution in [0.5, 0.6) is 0 Å². The first-order valence-corrected chi connectivity index (χ1v) is 5.60. The van der Waals surface area contributed by atoms with Crippen LogP contribution in [0, 0.1) is 0 Å². The van der Waals surface area contributed by atoms with E-state index >= 15 is 0 Å². The lowest BCUT2D eigenvalue weighted by Crippen LogP contribution is -2.49. The molecule has 1 unspecified atom stereocenters. The third-order valence-electron chi connectivity index (χ3n) is 2.22. The molecule has 0 spiro atoms. The third-order valence-corrected chi connectivity index (χ3v) is 2.22. The van der Waals surface area contributed by atoms with Crippen LogP contribution in [0.4, 0.5) is 0 Å². The molecule has 0 aromatic rings. The fourth-order valence-electron chi connectivity index (χ4n) is 1.34. The van der Waals surface area contributed by atoms with E-state index in [1.165, 1.54) is 0 Å². The summed E-state index contributed by atoms with van der Waals surface area (Å²) in [6.45, 7) is 4.42. The molecule has 2 amide bonds. The molecule has 1 saturated heterocycles. The number of morpholine rings is 1. The first-order chi connectivity index (χ1) is 7.74. The predicted molar refractivity (Wildman–Crippen MR) is 58.9 cm³/mol. The molecule has 16 heavy (non-hydrogen) atoms. The summed E-state index contributed by atoms with van der Waals surface area (Å²) in [5, 5.41) is 8.28. The quantitative estimate of drug-likeness (QED) is 0.543. The lowest BCUT2D eigenvalue weighted by Gasteiger charge is -2.22. The lowest BCUT2D eigenvalue weighted by atomic mass is 10.3. The summed E-state index contributed by atoms with van der Waals surface area (Å²) in [4.78, 5) is 22.7. The van der Waals surface area contributed by atoms with Gasteiger partial charge in [0.15, 0.2) is 0 Å². The van der Waals surface area contributed by atoms with Crippen LogP contribution in [-0.4, -0.2) is 50.7 Å². The summed E-state index contributed by atoms with van der Waals surface area (Å²) in [7, 11) is 0. The van der Waals surface area contributed by atoms with E-state index in [9.17, 15) is 9.59 Å². The van der Waals surface area contributed by atoms with Crippen molar-refractivity contribution in [2.24, 2.45) is 0 Å². The van der Waals surface area contributed by atoms with Gasteiger partial charge in [-0.25, -0.2) is 0 Å². The maximum atomic E-state index is 11.5. The SMILES string of the molecule is CCCNC(=O)CNC(=O)C1CNCCO1. The van der Waals surface area contributed by atoms with Crippen LogP contribution in [0.2, 0.25) is 0 Å². The van der Waals surface area contributed by atoms with E-state index in [-0.39, 0.29) is 18.4 Å². The minimum Gasteiger partial charge on any atom is -0.366 e. The number of hydrogen-bond donors (Lipinski definition) is 3. The molecule has 1 heterocycles. The maximum Gasteiger partial charge on any atom is 0.250 e. The van der Waals surface area contributed by atoms with Gasteiger partial charge in [0.05, 0.1) is 13.2 Å². The molecular formula is C10H19N3O3. The van der Waals surface area contributed by atoms with Crippen molar-refractivity contribution in [1.82, 2.24) is 16.0 Å². The van der Waals surface area contributed by atoms with E-state index in [4.69, 9.17) is 4.74 Å². The zero-order valence-electron chi connectivity index (χ0n) is 9.54. The second kappa shape index (κ2) is 7.19. The van der Waals surface area contributed by atoms with Gasteiger partial charge in [-0.15, -0.1) is 0 Å². The minimum absolute atomic E-state index is 0.0126. The summed E-state index contributed by atoms with van der Waals surface area (Å²) < 4.78 is 5.25. The van der Waals surface area contributed by atoms with Crippen LogP contribution >= 0.6 is 0 Å². The molecule has 0 bridgehead atoms. The van der Waals surface area contributed by atoms with E-state index in [1.54, 1.807) is 0 Å². The fourth-order valence-corrected chi connectivity index (χ4v) is 1.34. The molecule has 0 aliphatic carbocycles. The number of ether oxygens (including phenoxy) is 1. The number of nitrogens with one attached hydrogen (secondary N) is 3. The number of amides is 2. The van der Waals surface area contributed by atoms with E-state index in [1.807, 2.05) is 6.92 Å². The molecule has 1 fully saturated rings. The van der Waals surface area contributed by atoms with Crippen molar-refractivity contribution in [3.8, 4) is 0 Å². The van der Waals surface area contributed by atoms with Crippen molar-refractivity contribution in [3.63, 3.8) is 0 Å². The van der Waals surface area contributed by atoms with Crippen LogP contribution in [0.1, 0.15) is 13.3 Å². The largest absolute Gasteiger partial charge is 0.366 e. The van der Waals surface area contributed by atoms with Crippen molar-refractivity contribution < 1.29 is 14.3 Å². The van der Waals surface area contributed by atoms with Crippen molar-refractivity contribution in [3.05, 3.63) is 0 Å². The Hall–Kier alpha value is -1.14. The fraction of sp³-hybridized carbons (Fsp3) is 0.800. The standard InChI is InChI=1S/C10H19N3O3/c1-2-3-12-9(14)7-13-10(15)8-6-11-4-5-16-8/h8,11H,2-7H2,1H3,(H,12,14)(H,13,15). The van der Waals surface area contributed by atoms with Crippen molar-refractivity contribution >= 4 is 11.8 Å². The van der Waals surface area contributed by atoms with Gasteiger partial charge in [-0.05, 0) is 6.42 Å². The monoisotopic (exact) mass is 229 g/mol. The molecule has 0 aromatic carbocycles. The Morgan fingerprint density at radius 1 is 1.44 bits per heavy atom. The van der Waals surface area contributed by atoms with Crippen LogP contribution in [0.15, 0.2) is 0 Å². The molecule has 1 atom stereocenters. The summed E-state index contributed by atoms with van der Waals surface area (Å²) in [6.07, 6.45) is 0.405. The molecule has 6 heteroatoms. The maximum absolute atomic E-state index is 11.5. The Bertz CT molecular complexity index is 239. The predicted octanol–water partition coefficient (Wildman–Crippen LogP) is -1.38. The van der Waals surface area contributed by atoms with E-state index in [0.717, 1.165) is 13.0 Å².